The normalized spacial score (nSPS) is 15.2. The van der Waals surface area contributed by atoms with Crippen LogP contribution >= 0.6 is 11.6 Å². The highest BCUT2D eigenvalue weighted by atomic mass is 35.5. The van der Waals surface area contributed by atoms with E-state index in [1.54, 1.807) is 25.1 Å². The molecule has 7 nitrogen and oxygen atoms in total. The molecule has 0 bridgehead atoms. The van der Waals surface area contributed by atoms with Crippen LogP contribution in [0.3, 0.4) is 0 Å². The molecule has 29 heavy (non-hydrogen) atoms. The fraction of sp³-hybridized carbons (Fsp3) is 0.350. The number of amides is 1. The van der Waals surface area contributed by atoms with Crippen LogP contribution in [0.1, 0.15) is 15.9 Å². The van der Waals surface area contributed by atoms with E-state index in [1.165, 1.54) is 6.07 Å². The Morgan fingerprint density at radius 1 is 1.03 bits per heavy atom. The molecule has 0 spiro atoms. The Balaban J connectivity index is 1.86. The van der Waals surface area contributed by atoms with Gasteiger partial charge in [-0.25, -0.2) is 8.42 Å². The molecule has 0 unspecified atom stereocenters. The van der Waals surface area contributed by atoms with Crippen molar-refractivity contribution in [1.29, 1.82) is 0 Å². The zero-order valence-electron chi connectivity index (χ0n) is 16.7. The molecule has 1 saturated heterocycles. The van der Waals surface area contributed by atoms with E-state index in [0.717, 1.165) is 43.7 Å². The van der Waals surface area contributed by atoms with Crippen molar-refractivity contribution in [3.05, 3.63) is 52.5 Å². The van der Waals surface area contributed by atoms with Crippen LogP contribution < -0.4 is 14.9 Å². The summed E-state index contributed by atoms with van der Waals surface area (Å²) < 4.78 is 25.6. The van der Waals surface area contributed by atoms with Crippen molar-refractivity contribution in [2.75, 3.05) is 54.4 Å². The SMILES string of the molecule is Cc1ccc(C(=O)Nc2cc(Cl)ccc2N2CCN(C)CC2)cc1NS(C)(=O)=O. The van der Waals surface area contributed by atoms with Crippen LogP contribution in [0.4, 0.5) is 17.1 Å². The number of hydrogen-bond donors (Lipinski definition) is 2. The summed E-state index contributed by atoms with van der Waals surface area (Å²) in [6.45, 7) is 5.36. The molecule has 0 radical (unpaired) electrons. The predicted molar refractivity (Wildman–Crippen MR) is 119 cm³/mol. The minimum absolute atomic E-state index is 0.334. The number of halogens is 1. The van der Waals surface area contributed by atoms with Crippen molar-refractivity contribution in [1.82, 2.24) is 4.90 Å². The molecule has 1 fully saturated rings. The fourth-order valence-corrected chi connectivity index (χ4v) is 3.99. The molecule has 2 N–H and O–H groups in total. The lowest BCUT2D eigenvalue weighted by molar-refractivity contribution is 0.102. The van der Waals surface area contributed by atoms with Gasteiger partial charge in [-0.15, -0.1) is 0 Å². The number of benzene rings is 2. The van der Waals surface area contributed by atoms with E-state index < -0.39 is 10.0 Å². The quantitative estimate of drug-likeness (QED) is 0.752. The number of aryl methyl sites for hydroxylation is 1. The van der Waals surface area contributed by atoms with Crippen LogP contribution in [0.25, 0.3) is 0 Å². The first-order chi connectivity index (χ1) is 13.6. The van der Waals surface area contributed by atoms with Gasteiger partial charge in [-0.05, 0) is 49.9 Å². The maximum Gasteiger partial charge on any atom is 0.255 e. The Hall–Kier alpha value is -2.29. The van der Waals surface area contributed by atoms with Crippen LogP contribution in [-0.4, -0.2) is 58.7 Å². The van der Waals surface area contributed by atoms with E-state index in [4.69, 9.17) is 11.6 Å². The van der Waals surface area contributed by atoms with E-state index in [-0.39, 0.29) is 5.91 Å². The molecule has 156 valence electrons. The third-order valence-corrected chi connectivity index (χ3v) is 5.67. The van der Waals surface area contributed by atoms with Gasteiger partial charge >= 0.3 is 0 Å². The molecule has 0 aliphatic carbocycles. The van der Waals surface area contributed by atoms with Crippen LogP contribution in [0, 0.1) is 6.92 Å². The minimum atomic E-state index is -3.44. The van der Waals surface area contributed by atoms with Crippen LogP contribution in [-0.2, 0) is 10.0 Å². The van der Waals surface area contributed by atoms with Crippen molar-refractivity contribution >= 4 is 44.6 Å². The largest absolute Gasteiger partial charge is 0.367 e. The van der Waals surface area contributed by atoms with E-state index in [0.29, 0.717) is 22.0 Å². The number of piperazine rings is 1. The fourth-order valence-electron chi connectivity index (χ4n) is 3.20. The highest BCUT2D eigenvalue weighted by molar-refractivity contribution is 7.92. The van der Waals surface area contributed by atoms with E-state index >= 15 is 0 Å². The Kier molecular flexibility index (Phi) is 6.36. The number of carbonyl (C=O) groups excluding carboxylic acids is 1. The summed E-state index contributed by atoms with van der Waals surface area (Å²) >= 11 is 6.17. The van der Waals surface area contributed by atoms with Crippen molar-refractivity contribution in [2.45, 2.75) is 6.92 Å². The second kappa shape index (κ2) is 8.61. The predicted octanol–water partition coefficient (Wildman–Crippen LogP) is 3.02. The van der Waals surface area contributed by atoms with Gasteiger partial charge in [0.2, 0.25) is 10.0 Å². The molecular weight excluding hydrogens is 412 g/mol. The van der Waals surface area contributed by atoms with E-state index in [9.17, 15) is 13.2 Å². The first-order valence-electron chi connectivity index (χ1n) is 9.25. The number of anilines is 3. The molecule has 9 heteroatoms. The molecule has 0 atom stereocenters. The lowest BCUT2D eigenvalue weighted by atomic mass is 10.1. The maximum atomic E-state index is 12.9. The standard InChI is InChI=1S/C20H25ClN4O3S/c1-14-4-5-15(12-17(14)23-29(3,27)28)20(26)22-18-13-16(21)6-7-19(18)25-10-8-24(2)9-11-25/h4-7,12-13,23H,8-11H2,1-3H3,(H,22,26). The van der Waals surface area contributed by atoms with E-state index in [2.05, 4.69) is 26.9 Å². The van der Waals surface area contributed by atoms with Crippen LogP contribution in [0.2, 0.25) is 5.02 Å². The maximum absolute atomic E-state index is 12.9. The smallest absolute Gasteiger partial charge is 0.255 e. The third kappa shape index (κ3) is 5.62. The molecule has 3 rings (SSSR count). The number of likely N-dealkylation sites (N-methyl/N-ethyl adjacent to an activating group) is 1. The molecule has 1 aliphatic rings. The van der Waals surface area contributed by atoms with E-state index in [1.807, 2.05) is 12.1 Å². The number of sulfonamides is 1. The Bertz CT molecular complexity index is 1020. The lowest BCUT2D eigenvalue weighted by Crippen LogP contribution is -2.44. The molecule has 2 aromatic carbocycles. The van der Waals surface area contributed by atoms with Gasteiger partial charge in [-0.1, -0.05) is 17.7 Å². The first kappa shape index (κ1) is 21.4. The van der Waals surface area contributed by atoms with Gasteiger partial charge in [0, 0.05) is 36.8 Å². The average Bonchev–Trinajstić information content (AvgIpc) is 2.63. The van der Waals surface area contributed by atoms with Crippen molar-refractivity contribution < 1.29 is 13.2 Å². The number of nitrogens with zero attached hydrogens (tertiary/aromatic N) is 2. The minimum Gasteiger partial charge on any atom is -0.367 e. The number of nitrogens with one attached hydrogen (secondary N) is 2. The van der Waals surface area contributed by atoms with Gasteiger partial charge in [0.1, 0.15) is 0 Å². The molecule has 1 heterocycles. The van der Waals surface area contributed by atoms with Crippen molar-refractivity contribution in [3.63, 3.8) is 0 Å². The summed E-state index contributed by atoms with van der Waals surface area (Å²) in [5.74, 6) is -0.334. The summed E-state index contributed by atoms with van der Waals surface area (Å²) in [6.07, 6.45) is 1.08. The number of carbonyl (C=O) groups is 1. The summed E-state index contributed by atoms with van der Waals surface area (Å²) in [6, 6.07) is 10.4. The first-order valence-corrected chi connectivity index (χ1v) is 11.5. The number of rotatable bonds is 5. The Morgan fingerprint density at radius 3 is 2.38 bits per heavy atom. The molecule has 1 amide bonds. The van der Waals surface area contributed by atoms with Gasteiger partial charge < -0.3 is 15.1 Å². The monoisotopic (exact) mass is 436 g/mol. The average molecular weight is 437 g/mol. The Labute approximate surface area is 176 Å². The van der Waals surface area contributed by atoms with Crippen molar-refractivity contribution in [3.8, 4) is 0 Å². The van der Waals surface area contributed by atoms with Crippen LogP contribution in [0.15, 0.2) is 36.4 Å². The lowest BCUT2D eigenvalue weighted by Gasteiger charge is -2.35. The van der Waals surface area contributed by atoms with Gasteiger partial charge in [-0.2, -0.15) is 0 Å². The van der Waals surface area contributed by atoms with Gasteiger partial charge in [-0.3, -0.25) is 9.52 Å². The van der Waals surface area contributed by atoms with Gasteiger partial charge in [0.25, 0.3) is 5.91 Å². The zero-order valence-corrected chi connectivity index (χ0v) is 18.3. The van der Waals surface area contributed by atoms with Gasteiger partial charge in [0.15, 0.2) is 0 Å². The second-order valence-corrected chi connectivity index (χ2v) is 9.49. The topological polar surface area (TPSA) is 81.8 Å². The van der Waals surface area contributed by atoms with Crippen molar-refractivity contribution in [2.24, 2.45) is 0 Å². The molecule has 0 aromatic heterocycles. The second-order valence-electron chi connectivity index (χ2n) is 7.31. The third-order valence-electron chi connectivity index (χ3n) is 4.85. The highest BCUT2D eigenvalue weighted by Crippen LogP contribution is 2.30. The molecule has 1 aliphatic heterocycles. The molecule has 2 aromatic rings. The van der Waals surface area contributed by atoms with Crippen LogP contribution in [0.5, 0.6) is 0 Å². The summed E-state index contributed by atoms with van der Waals surface area (Å²) in [7, 11) is -1.36. The van der Waals surface area contributed by atoms with Gasteiger partial charge in [0.05, 0.1) is 23.3 Å². The molecule has 0 saturated carbocycles. The summed E-state index contributed by atoms with van der Waals surface area (Å²) in [4.78, 5) is 17.4. The highest BCUT2D eigenvalue weighted by Gasteiger charge is 2.19. The summed E-state index contributed by atoms with van der Waals surface area (Å²) in [5, 5.41) is 3.46. The number of hydrogen-bond acceptors (Lipinski definition) is 5. The zero-order chi connectivity index (χ0) is 21.2. The molecular formula is C20H25ClN4O3S. The summed E-state index contributed by atoms with van der Waals surface area (Å²) in [5.41, 5.74) is 3.01. The Morgan fingerprint density at radius 2 is 1.72 bits per heavy atom.